The summed E-state index contributed by atoms with van der Waals surface area (Å²) in [6.07, 6.45) is 0. The summed E-state index contributed by atoms with van der Waals surface area (Å²) < 4.78 is 24.9. The fourth-order valence-electron chi connectivity index (χ4n) is 5.34. The molecule has 37 heavy (non-hydrogen) atoms. The van der Waals surface area contributed by atoms with Crippen LogP contribution in [0.25, 0.3) is 43.6 Å². The van der Waals surface area contributed by atoms with Crippen LogP contribution >= 0.6 is 0 Å². The van der Waals surface area contributed by atoms with Gasteiger partial charge >= 0.3 is 0 Å². The molecule has 0 spiro atoms. The third kappa shape index (κ3) is 3.62. The van der Waals surface area contributed by atoms with Crippen LogP contribution in [0.3, 0.4) is 0 Å². The van der Waals surface area contributed by atoms with Crippen LogP contribution in [0.1, 0.15) is 11.1 Å². The van der Waals surface area contributed by atoms with Crippen molar-refractivity contribution in [3.05, 3.63) is 71.8 Å². The lowest BCUT2D eigenvalue weighted by molar-refractivity contribution is 0.281. The molecule has 0 unspecified atom stereocenters. The zero-order valence-corrected chi connectivity index (χ0v) is 21.2. The Balaban J connectivity index is 1.61. The molecule has 0 aliphatic rings. The smallest absolute Gasteiger partial charge is 0.143 e. The van der Waals surface area contributed by atoms with Gasteiger partial charge in [0.15, 0.2) is 0 Å². The molecule has 0 saturated heterocycles. The third-order valence-electron chi connectivity index (χ3n) is 7.09. The summed E-state index contributed by atoms with van der Waals surface area (Å²) in [7, 11) is 6.69. The SMILES string of the molecule is COc1ccc2[nH]c3c(OC)cc(Cn4c5ccc(OC)cc5c5cc(CO)cc(OC)c54)cc3c2c1. The first-order chi connectivity index (χ1) is 18.1. The molecule has 0 aliphatic heterocycles. The van der Waals surface area contributed by atoms with Crippen molar-refractivity contribution in [1.29, 1.82) is 0 Å². The molecule has 0 fully saturated rings. The van der Waals surface area contributed by atoms with E-state index in [2.05, 4.69) is 27.8 Å². The van der Waals surface area contributed by atoms with Crippen molar-refractivity contribution in [2.75, 3.05) is 28.4 Å². The van der Waals surface area contributed by atoms with Crippen molar-refractivity contribution < 1.29 is 24.1 Å². The van der Waals surface area contributed by atoms with Crippen molar-refractivity contribution in [3.63, 3.8) is 0 Å². The molecule has 2 aromatic heterocycles. The maximum Gasteiger partial charge on any atom is 0.143 e. The number of ether oxygens (including phenoxy) is 4. The Labute approximate surface area is 213 Å². The van der Waals surface area contributed by atoms with Gasteiger partial charge in [0.05, 0.1) is 46.1 Å². The van der Waals surface area contributed by atoms with Crippen molar-refractivity contribution in [2.24, 2.45) is 0 Å². The Hall–Kier alpha value is -4.36. The van der Waals surface area contributed by atoms with E-state index < -0.39 is 0 Å². The molecule has 0 radical (unpaired) electrons. The Kier molecular flexibility index (Phi) is 5.57. The number of methoxy groups -OCH3 is 4. The number of nitrogens with one attached hydrogen (secondary N) is 1. The predicted molar refractivity (Wildman–Crippen MR) is 146 cm³/mol. The average molecular weight is 497 g/mol. The summed E-state index contributed by atoms with van der Waals surface area (Å²) in [4.78, 5) is 3.49. The first-order valence-corrected chi connectivity index (χ1v) is 12.0. The van der Waals surface area contributed by atoms with Gasteiger partial charge in [0.1, 0.15) is 23.0 Å². The lowest BCUT2D eigenvalue weighted by Gasteiger charge is -2.13. The number of nitrogens with zero attached hydrogens (tertiary/aromatic N) is 1. The number of benzene rings is 4. The highest BCUT2D eigenvalue weighted by Crippen LogP contribution is 2.40. The first-order valence-electron chi connectivity index (χ1n) is 12.0. The Morgan fingerprint density at radius 1 is 0.676 bits per heavy atom. The van der Waals surface area contributed by atoms with Crippen molar-refractivity contribution in [3.8, 4) is 23.0 Å². The molecule has 6 rings (SSSR count). The van der Waals surface area contributed by atoms with Gasteiger partial charge in [-0.25, -0.2) is 0 Å². The number of fused-ring (bicyclic) bond motifs is 6. The van der Waals surface area contributed by atoms with E-state index in [4.69, 9.17) is 18.9 Å². The Bertz CT molecular complexity index is 1800. The number of aromatic nitrogens is 2. The molecule has 188 valence electrons. The van der Waals surface area contributed by atoms with Gasteiger partial charge in [-0.15, -0.1) is 0 Å². The van der Waals surface area contributed by atoms with Crippen LogP contribution in [0, 0.1) is 0 Å². The van der Waals surface area contributed by atoms with Crippen LogP contribution in [0.4, 0.5) is 0 Å². The summed E-state index contributed by atoms with van der Waals surface area (Å²) in [6.45, 7) is 0.519. The largest absolute Gasteiger partial charge is 0.497 e. The molecule has 7 heteroatoms. The third-order valence-corrected chi connectivity index (χ3v) is 7.09. The summed E-state index contributed by atoms with van der Waals surface area (Å²) in [6, 6.07) is 20.3. The standard InChI is InChI=1S/C30H28N2O5/c1-34-19-5-7-25-21(13-19)23-9-17(11-27(36-3)29(23)31-25)15-32-26-8-6-20(35-2)14-22(26)24-10-18(16-33)12-28(37-4)30(24)32/h5-14,31,33H,15-16H2,1-4H3. The molecule has 6 aromatic rings. The molecule has 0 bridgehead atoms. The van der Waals surface area contributed by atoms with Gasteiger partial charge in [0.2, 0.25) is 0 Å². The molecule has 0 aliphatic carbocycles. The summed E-state index contributed by atoms with van der Waals surface area (Å²) in [5.74, 6) is 3.07. The quantitative estimate of drug-likeness (QED) is 0.283. The lowest BCUT2D eigenvalue weighted by atomic mass is 10.1. The topological polar surface area (TPSA) is 77.9 Å². The van der Waals surface area contributed by atoms with Crippen molar-refractivity contribution in [2.45, 2.75) is 13.2 Å². The van der Waals surface area contributed by atoms with Crippen molar-refractivity contribution >= 4 is 43.6 Å². The second kappa shape index (κ2) is 8.94. The number of hydrogen-bond donors (Lipinski definition) is 2. The molecular formula is C30H28N2O5. The zero-order chi connectivity index (χ0) is 25.7. The number of hydrogen-bond acceptors (Lipinski definition) is 5. The number of aromatic amines is 1. The molecule has 2 N–H and O–H groups in total. The minimum atomic E-state index is -0.0686. The minimum absolute atomic E-state index is 0.0686. The maximum atomic E-state index is 9.88. The fraction of sp³-hybridized carbons (Fsp3) is 0.200. The van der Waals surface area contributed by atoms with Crippen molar-refractivity contribution in [1.82, 2.24) is 9.55 Å². The second-order valence-electron chi connectivity index (χ2n) is 9.08. The van der Waals surface area contributed by atoms with Crippen LogP contribution in [0.15, 0.2) is 60.7 Å². The highest BCUT2D eigenvalue weighted by Gasteiger charge is 2.19. The summed E-state index contributed by atoms with van der Waals surface area (Å²) in [5, 5.41) is 14.1. The van der Waals surface area contributed by atoms with E-state index in [0.29, 0.717) is 12.3 Å². The Morgan fingerprint density at radius 3 is 2.05 bits per heavy atom. The van der Waals surface area contributed by atoms with E-state index >= 15 is 0 Å². The zero-order valence-electron chi connectivity index (χ0n) is 21.2. The lowest BCUT2D eigenvalue weighted by Crippen LogP contribution is -2.02. The highest BCUT2D eigenvalue weighted by molar-refractivity contribution is 6.12. The van der Waals surface area contributed by atoms with E-state index in [9.17, 15) is 5.11 Å². The van der Waals surface area contributed by atoms with E-state index in [1.165, 1.54) is 0 Å². The first kappa shape index (κ1) is 23.1. The monoisotopic (exact) mass is 496 g/mol. The van der Waals surface area contributed by atoms with Gasteiger partial charge in [-0.05, 0) is 71.8 Å². The molecule has 7 nitrogen and oxygen atoms in total. The van der Waals surface area contributed by atoms with E-state index in [-0.39, 0.29) is 6.61 Å². The van der Waals surface area contributed by atoms with E-state index in [1.807, 2.05) is 42.5 Å². The van der Waals surface area contributed by atoms with Crippen LogP contribution in [0.2, 0.25) is 0 Å². The summed E-state index contributed by atoms with van der Waals surface area (Å²) >= 11 is 0. The molecule has 2 heterocycles. The van der Waals surface area contributed by atoms with Gasteiger partial charge in [0.25, 0.3) is 0 Å². The number of aliphatic hydroxyl groups is 1. The van der Waals surface area contributed by atoms with Gasteiger partial charge < -0.3 is 33.6 Å². The average Bonchev–Trinajstić information content (AvgIpc) is 3.46. The van der Waals surface area contributed by atoms with Crippen LogP contribution in [-0.2, 0) is 13.2 Å². The van der Waals surface area contributed by atoms with E-state index in [0.717, 1.165) is 72.0 Å². The number of aliphatic hydroxyl groups excluding tert-OH is 1. The van der Waals surface area contributed by atoms with Crippen LogP contribution < -0.4 is 18.9 Å². The molecule has 0 saturated carbocycles. The molecular weight excluding hydrogens is 468 g/mol. The molecule has 0 atom stereocenters. The van der Waals surface area contributed by atoms with Gasteiger partial charge in [-0.2, -0.15) is 0 Å². The van der Waals surface area contributed by atoms with Gasteiger partial charge in [-0.1, -0.05) is 0 Å². The summed E-state index contributed by atoms with van der Waals surface area (Å²) in [5.41, 5.74) is 5.85. The minimum Gasteiger partial charge on any atom is -0.497 e. The fourth-order valence-corrected chi connectivity index (χ4v) is 5.34. The highest BCUT2D eigenvalue weighted by atomic mass is 16.5. The predicted octanol–water partition coefficient (Wildman–Crippen LogP) is 6.00. The maximum absolute atomic E-state index is 9.88. The van der Waals surface area contributed by atoms with Gasteiger partial charge in [-0.3, -0.25) is 0 Å². The second-order valence-corrected chi connectivity index (χ2v) is 9.08. The molecule has 4 aromatic carbocycles. The number of H-pyrrole nitrogens is 1. The van der Waals surface area contributed by atoms with Crippen LogP contribution in [0.5, 0.6) is 23.0 Å². The normalized spacial score (nSPS) is 11.6. The van der Waals surface area contributed by atoms with Crippen LogP contribution in [-0.4, -0.2) is 43.1 Å². The Morgan fingerprint density at radius 2 is 1.35 bits per heavy atom. The number of rotatable bonds is 7. The van der Waals surface area contributed by atoms with Gasteiger partial charge in [0, 0.05) is 39.1 Å². The van der Waals surface area contributed by atoms with E-state index in [1.54, 1.807) is 28.4 Å². The molecule has 0 amide bonds.